The topological polar surface area (TPSA) is 39.6 Å². The van der Waals surface area contributed by atoms with E-state index in [1.165, 1.54) is 16.7 Å². The van der Waals surface area contributed by atoms with Gasteiger partial charge in [0.2, 0.25) is 0 Å². The van der Waals surface area contributed by atoms with E-state index >= 15 is 0 Å². The summed E-state index contributed by atoms with van der Waals surface area (Å²) in [5.41, 5.74) is 3.86. The molecule has 1 N–H and O–H groups in total. The van der Waals surface area contributed by atoms with Gasteiger partial charge in [0.25, 0.3) is 0 Å². The molecule has 3 aliphatic rings. The number of aliphatic hydroxyl groups excluding tert-OH is 1. The SMILES string of the molecule is C=C/C=C(\C=C/Cc1cccnc1)CN1CCN2CC(C)[C@](C)(C3=CC(O)=CCC=C3)CC2C1. The molecule has 1 aromatic heterocycles. The summed E-state index contributed by atoms with van der Waals surface area (Å²) >= 11 is 0. The van der Waals surface area contributed by atoms with Crippen LogP contribution in [-0.4, -0.2) is 58.7 Å². The van der Waals surface area contributed by atoms with Gasteiger partial charge >= 0.3 is 0 Å². The molecule has 0 amide bonds. The maximum atomic E-state index is 10.3. The van der Waals surface area contributed by atoms with Crippen LogP contribution in [0.15, 0.2) is 96.6 Å². The van der Waals surface area contributed by atoms with Gasteiger partial charge in [-0.15, -0.1) is 0 Å². The minimum atomic E-state index is 0.0657. The van der Waals surface area contributed by atoms with Crippen molar-refractivity contribution in [3.05, 3.63) is 102 Å². The average Bonchev–Trinajstić information content (AvgIpc) is 3.06. The molecule has 34 heavy (non-hydrogen) atoms. The van der Waals surface area contributed by atoms with Gasteiger partial charge in [-0.1, -0.05) is 62.9 Å². The maximum absolute atomic E-state index is 10.3. The molecule has 4 nitrogen and oxygen atoms in total. The van der Waals surface area contributed by atoms with Crippen LogP contribution >= 0.6 is 0 Å². The van der Waals surface area contributed by atoms with Gasteiger partial charge in [0.05, 0.1) is 0 Å². The Bertz CT molecular complexity index is 1000. The third kappa shape index (κ3) is 5.86. The van der Waals surface area contributed by atoms with Crippen LogP contribution in [0.4, 0.5) is 0 Å². The molecule has 2 fully saturated rings. The van der Waals surface area contributed by atoms with Crippen LogP contribution in [0.2, 0.25) is 0 Å². The van der Waals surface area contributed by atoms with E-state index in [4.69, 9.17) is 0 Å². The van der Waals surface area contributed by atoms with Crippen LogP contribution in [0.1, 0.15) is 32.3 Å². The first kappa shape index (κ1) is 24.4. The number of rotatable bonds is 7. The van der Waals surface area contributed by atoms with E-state index in [0.29, 0.717) is 17.7 Å². The van der Waals surface area contributed by atoms with Crippen LogP contribution in [0.25, 0.3) is 0 Å². The summed E-state index contributed by atoms with van der Waals surface area (Å²) in [5, 5.41) is 10.3. The summed E-state index contributed by atoms with van der Waals surface area (Å²) in [6, 6.07) is 4.63. The number of aromatic nitrogens is 1. The number of nitrogens with zero attached hydrogens (tertiary/aromatic N) is 3. The molecule has 180 valence electrons. The smallest absolute Gasteiger partial charge is 0.112 e. The van der Waals surface area contributed by atoms with Gasteiger partial charge in [0, 0.05) is 51.2 Å². The average molecular weight is 458 g/mol. The minimum absolute atomic E-state index is 0.0657. The molecule has 4 heteroatoms. The van der Waals surface area contributed by atoms with Crippen molar-refractivity contribution in [1.29, 1.82) is 0 Å². The molecule has 1 aromatic rings. The van der Waals surface area contributed by atoms with E-state index in [2.05, 4.69) is 71.7 Å². The van der Waals surface area contributed by atoms with E-state index in [1.54, 1.807) is 0 Å². The molecule has 0 spiro atoms. The van der Waals surface area contributed by atoms with Gasteiger partial charge in [0.1, 0.15) is 5.76 Å². The van der Waals surface area contributed by atoms with Gasteiger partial charge in [-0.3, -0.25) is 14.8 Å². The molecule has 3 atom stereocenters. The Labute approximate surface area is 205 Å². The fourth-order valence-corrected chi connectivity index (χ4v) is 5.62. The Kier molecular flexibility index (Phi) is 8.02. The third-order valence-corrected chi connectivity index (χ3v) is 7.81. The standard InChI is InChI=1S/C30H39N3O/c1-4-9-26(11-7-10-25-12-8-15-31-20-25)22-32-16-17-33-21-24(2)30(3,19-28(33)23-32)27-13-5-6-14-29(34)18-27/h4-5,7-9,11-15,18,20,24,28,34H,1,6,10,16-17,19,21-23H2,2-3H3/b11-7-,26-9+/t24?,28?,30-/m1/s1. The monoisotopic (exact) mass is 457 g/mol. The first-order chi connectivity index (χ1) is 16.5. The number of piperidine rings is 1. The second-order valence-electron chi connectivity index (χ2n) is 10.2. The Morgan fingerprint density at radius 1 is 1.32 bits per heavy atom. The summed E-state index contributed by atoms with van der Waals surface area (Å²) in [5.74, 6) is 0.946. The van der Waals surface area contributed by atoms with Gasteiger partial charge in [-0.05, 0) is 65.5 Å². The highest BCUT2D eigenvalue weighted by Gasteiger charge is 2.45. The van der Waals surface area contributed by atoms with E-state index < -0.39 is 0 Å². The quantitative estimate of drug-likeness (QED) is 0.537. The highest BCUT2D eigenvalue weighted by Crippen LogP contribution is 2.46. The minimum Gasteiger partial charge on any atom is -0.508 e. The molecule has 3 heterocycles. The number of hydrogen-bond acceptors (Lipinski definition) is 4. The molecule has 4 rings (SSSR count). The zero-order valence-electron chi connectivity index (χ0n) is 20.7. The second kappa shape index (κ2) is 11.2. The van der Waals surface area contributed by atoms with Crippen molar-refractivity contribution in [2.24, 2.45) is 11.3 Å². The van der Waals surface area contributed by atoms with E-state index in [9.17, 15) is 5.11 Å². The molecule has 2 unspecified atom stereocenters. The number of hydrogen-bond donors (Lipinski definition) is 1. The van der Waals surface area contributed by atoms with Crippen molar-refractivity contribution in [1.82, 2.24) is 14.8 Å². The highest BCUT2D eigenvalue weighted by atomic mass is 16.3. The van der Waals surface area contributed by atoms with Crippen LogP contribution in [-0.2, 0) is 6.42 Å². The predicted octanol–water partition coefficient (Wildman–Crippen LogP) is 5.65. The molecule has 0 aromatic carbocycles. The molecular weight excluding hydrogens is 418 g/mol. The normalized spacial score (nSPS) is 28.8. The van der Waals surface area contributed by atoms with Crippen LogP contribution in [0.3, 0.4) is 0 Å². The highest BCUT2D eigenvalue weighted by molar-refractivity contribution is 5.36. The molecule has 0 bridgehead atoms. The molecule has 2 aliphatic heterocycles. The number of fused-ring (bicyclic) bond motifs is 1. The van der Waals surface area contributed by atoms with Gasteiger partial charge in [0.15, 0.2) is 0 Å². The van der Waals surface area contributed by atoms with E-state index in [1.807, 2.05) is 36.7 Å². The zero-order valence-corrected chi connectivity index (χ0v) is 20.7. The van der Waals surface area contributed by atoms with Gasteiger partial charge in [-0.25, -0.2) is 0 Å². The third-order valence-electron chi connectivity index (χ3n) is 7.81. The Morgan fingerprint density at radius 3 is 3.00 bits per heavy atom. The van der Waals surface area contributed by atoms with Crippen molar-refractivity contribution >= 4 is 0 Å². The van der Waals surface area contributed by atoms with Crippen molar-refractivity contribution in [2.75, 3.05) is 32.7 Å². The van der Waals surface area contributed by atoms with E-state index in [-0.39, 0.29) is 5.41 Å². The van der Waals surface area contributed by atoms with E-state index in [0.717, 1.165) is 52.0 Å². The summed E-state index contributed by atoms with van der Waals surface area (Å²) in [6.07, 6.45) is 23.3. The van der Waals surface area contributed by atoms with Crippen molar-refractivity contribution in [2.45, 2.75) is 39.2 Å². The Hall–Kier alpha value is -2.69. The lowest BCUT2D eigenvalue weighted by Gasteiger charge is -2.53. The summed E-state index contributed by atoms with van der Waals surface area (Å²) in [7, 11) is 0. The number of piperazine rings is 1. The van der Waals surface area contributed by atoms with Crippen LogP contribution in [0, 0.1) is 11.3 Å². The zero-order chi connectivity index (χ0) is 24.0. The van der Waals surface area contributed by atoms with Crippen LogP contribution < -0.4 is 0 Å². The Balaban J connectivity index is 1.42. The number of pyridine rings is 1. The van der Waals surface area contributed by atoms with Crippen molar-refractivity contribution in [3.63, 3.8) is 0 Å². The summed E-state index contributed by atoms with van der Waals surface area (Å²) in [6.45, 7) is 14.1. The predicted molar refractivity (Wildman–Crippen MR) is 142 cm³/mol. The summed E-state index contributed by atoms with van der Waals surface area (Å²) in [4.78, 5) is 9.49. The lowest BCUT2D eigenvalue weighted by Crippen LogP contribution is -2.60. The molecule has 0 radical (unpaired) electrons. The van der Waals surface area contributed by atoms with Gasteiger partial charge < -0.3 is 5.11 Å². The molecular formula is C30H39N3O. The largest absolute Gasteiger partial charge is 0.508 e. The number of allylic oxidation sites excluding steroid dienone is 8. The molecule has 1 aliphatic carbocycles. The Morgan fingerprint density at radius 2 is 2.21 bits per heavy atom. The fraction of sp³-hybridized carbons (Fsp3) is 0.433. The lowest BCUT2D eigenvalue weighted by molar-refractivity contribution is -0.0143. The van der Waals surface area contributed by atoms with Gasteiger partial charge in [-0.2, -0.15) is 0 Å². The summed E-state index contributed by atoms with van der Waals surface area (Å²) < 4.78 is 0. The lowest BCUT2D eigenvalue weighted by atomic mass is 9.65. The maximum Gasteiger partial charge on any atom is 0.112 e. The molecule has 2 saturated heterocycles. The first-order valence-electron chi connectivity index (χ1n) is 12.6. The first-order valence-corrected chi connectivity index (χ1v) is 12.6. The van der Waals surface area contributed by atoms with Crippen LogP contribution in [0.5, 0.6) is 0 Å². The number of aliphatic hydroxyl groups is 1. The van der Waals surface area contributed by atoms with Crippen molar-refractivity contribution in [3.8, 4) is 0 Å². The fourth-order valence-electron chi connectivity index (χ4n) is 5.62. The second-order valence-corrected chi connectivity index (χ2v) is 10.2. The molecule has 0 saturated carbocycles. The van der Waals surface area contributed by atoms with Crippen molar-refractivity contribution < 1.29 is 5.11 Å².